The standard InChI is InChI=1S/C7H12O4Si/c8-6(9)2-3-7(10)11-4-1-5-12/h2-3H,1,4-5H2,12H3,(H,8,9). The van der Waals surface area contributed by atoms with E-state index in [2.05, 4.69) is 4.74 Å². The van der Waals surface area contributed by atoms with Crippen molar-refractivity contribution in [3.63, 3.8) is 0 Å². The van der Waals surface area contributed by atoms with Gasteiger partial charge in [0.2, 0.25) is 0 Å². The molecule has 0 aliphatic rings. The molecule has 0 atom stereocenters. The van der Waals surface area contributed by atoms with Crippen LogP contribution in [0.5, 0.6) is 0 Å². The largest absolute Gasteiger partial charge is 0.478 e. The SMILES string of the molecule is O=C(O)C=CC(=O)OCCC[SiH3]. The monoisotopic (exact) mass is 188 g/mol. The lowest BCUT2D eigenvalue weighted by Gasteiger charge is -1.97. The maximum atomic E-state index is 10.7. The van der Waals surface area contributed by atoms with Gasteiger partial charge < -0.3 is 9.84 Å². The zero-order valence-corrected chi connectivity index (χ0v) is 8.95. The van der Waals surface area contributed by atoms with Crippen LogP contribution in [0.3, 0.4) is 0 Å². The normalized spacial score (nSPS) is 10.3. The van der Waals surface area contributed by atoms with Crippen molar-refractivity contribution in [2.24, 2.45) is 0 Å². The number of carboxylic acids is 1. The van der Waals surface area contributed by atoms with Gasteiger partial charge in [-0.1, -0.05) is 6.04 Å². The molecule has 5 heteroatoms. The van der Waals surface area contributed by atoms with Crippen LogP contribution < -0.4 is 0 Å². The summed E-state index contributed by atoms with van der Waals surface area (Å²) in [4.78, 5) is 20.6. The minimum absolute atomic E-state index is 0.381. The molecule has 4 nitrogen and oxygen atoms in total. The van der Waals surface area contributed by atoms with E-state index in [1.165, 1.54) is 0 Å². The van der Waals surface area contributed by atoms with Crippen LogP contribution in [0.15, 0.2) is 12.2 Å². The fraction of sp³-hybridized carbons (Fsp3) is 0.429. The zero-order chi connectivity index (χ0) is 9.40. The molecule has 0 bridgehead atoms. The topological polar surface area (TPSA) is 63.6 Å². The van der Waals surface area contributed by atoms with Crippen LogP contribution in [-0.4, -0.2) is 33.9 Å². The highest BCUT2D eigenvalue weighted by molar-refractivity contribution is 6.08. The molecule has 12 heavy (non-hydrogen) atoms. The zero-order valence-electron chi connectivity index (χ0n) is 6.95. The molecule has 0 aromatic carbocycles. The van der Waals surface area contributed by atoms with Gasteiger partial charge in [0.25, 0.3) is 0 Å². The molecule has 0 amide bonds. The van der Waals surface area contributed by atoms with Gasteiger partial charge >= 0.3 is 11.9 Å². The van der Waals surface area contributed by atoms with Crippen molar-refractivity contribution in [2.75, 3.05) is 6.61 Å². The predicted molar refractivity (Wildman–Crippen MR) is 47.1 cm³/mol. The summed E-state index contributed by atoms with van der Waals surface area (Å²) in [6, 6.07) is 1.08. The summed E-state index contributed by atoms with van der Waals surface area (Å²) >= 11 is 0. The van der Waals surface area contributed by atoms with E-state index in [-0.39, 0.29) is 0 Å². The van der Waals surface area contributed by atoms with E-state index >= 15 is 0 Å². The number of esters is 1. The molecule has 0 aromatic heterocycles. The summed E-state index contributed by atoms with van der Waals surface area (Å²) < 4.78 is 4.67. The molecule has 68 valence electrons. The molecule has 0 saturated heterocycles. The van der Waals surface area contributed by atoms with Crippen molar-refractivity contribution in [3.05, 3.63) is 12.2 Å². The van der Waals surface area contributed by atoms with E-state index in [1.54, 1.807) is 0 Å². The molecular weight excluding hydrogens is 176 g/mol. The number of aliphatic carboxylic acids is 1. The third-order valence-electron chi connectivity index (χ3n) is 1.10. The average molecular weight is 188 g/mol. The molecule has 0 heterocycles. The summed E-state index contributed by atoms with van der Waals surface area (Å²) in [6.07, 6.45) is 2.54. The molecule has 0 radical (unpaired) electrons. The van der Waals surface area contributed by atoms with E-state index < -0.39 is 11.9 Å². The number of carbonyl (C=O) groups is 2. The van der Waals surface area contributed by atoms with Gasteiger partial charge in [0, 0.05) is 22.4 Å². The molecule has 1 N–H and O–H groups in total. The summed E-state index contributed by atoms with van der Waals surface area (Å²) in [7, 11) is 1.10. The van der Waals surface area contributed by atoms with E-state index in [0.29, 0.717) is 6.61 Å². The van der Waals surface area contributed by atoms with Crippen molar-refractivity contribution in [3.8, 4) is 0 Å². The maximum absolute atomic E-state index is 10.7. The van der Waals surface area contributed by atoms with E-state index in [0.717, 1.165) is 34.9 Å². The Balaban J connectivity index is 3.53. The number of ether oxygens (including phenoxy) is 1. The fourth-order valence-corrected chi connectivity index (χ4v) is 0.793. The Morgan fingerprint density at radius 1 is 1.42 bits per heavy atom. The molecular formula is C7H12O4Si. The number of hydrogen-bond acceptors (Lipinski definition) is 3. The molecule has 0 spiro atoms. The second-order valence-electron chi connectivity index (χ2n) is 2.19. The van der Waals surface area contributed by atoms with E-state index in [4.69, 9.17) is 5.11 Å². The highest BCUT2D eigenvalue weighted by Gasteiger charge is 1.96. The summed E-state index contributed by atoms with van der Waals surface area (Å²) in [6.45, 7) is 0.381. The van der Waals surface area contributed by atoms with Crippen LogP contribution in [-0.2, 0) is 14.3 Å². The molecule has 0 saturated carbocycles. The van der Waals surface area contributed by atoms with Crippen LogP contribution in [0, 0.1) is 0 Å². The molecule has 0 unspecified atom stereocenters. The van der Waals surface area contributed by atoms with Crippen molar-refractivity contribution < 1.29 is 19.4 Å². The number of carbonyl (C=O) groups excluding carboxylic acids is 1. The molecule has 0 aliphatic carbocycles. The van der Waals surface area contributed by atoms with Crippen molar-refractivity contribution in [1.29, 1.82) is 0 Å². The summed E-state index contributed by atoms with van der Waals surface area (Å²) in [5, 5.41) is 8.14. The first-order valence-electron chi connectivity index (χ1n) is 3.74. The second-order valence-corrected chi connectivity index (χ2v) is 3.19. The lowest BCUT2D eigenvalue weighted by atomic mass is 10.5. The number of carboxylic acid groups (broad SMARTS) is 1. The Morgan fingerprint density at radius 3 is 2.58 bits per heavy atom. The first-order chi connectivity index (χ1) is 5.66. The second kappa shape index (κ2) is 6.60. The van der Waals surface area contributed by atoms with Gasteiger partial charge in [-0.15, -0.1) is 0 Å². The van der Waals surface area contributed by atoms with Crippen molar-refractivity contribution >= 4 is 22.2 Å². The minimum Gasteiger partial charge on any atom is -0.478 e. The van der Waals surface area contributed by atoms with Crippen molar-refractivity contribution in [2.45, 2.75) is 12.5 Å². The first-order valence-corrected chi connectivity index (χ1v) is 5.16. The predicted octanol–water partition coefficient (Wildman–Crippen LogP) is -0.656. The average Bonchev–Trinajstić information content (AvgIpc) is 2.01. The van der Waals surface area contributed by atoms with Crippen LogP contribution in [0.4, 0.5) is 0 Å². The van der Waals surface area contributed by atoms with Crippen LogP contribution >= 0.6 is 0 Å². The van der Waals surface area contributed by atoms with Gasteiger partial charge in [0.1, 0.15) is 0 Å². The van der Waals surface area contributed by atoms with Gasteiger partial charge in [-0.2, -0.15) is 0 Å². The highest BCUT2D eigenvalue weighted by Crippen LogP contribution is 1.88. The quantitative estimate of drug-likeness (QED) is 0.269. The third kappa shape index (κ3) is 7.01. The van der Waals surface area contributed by atoms with Crippen molar-refractivity contribution in [1.82, 2.24) is 0 Å². The van der Waals surface area contributed by atoms with Gasteiger partial charge in [-0.25, -0.2) is 9.59 Å². The minimum atomic E-state index is -1.14. The molecule has 0 aromatic rings. The Kier molecular flexibility index (Phi) is 5.99. The van der Waals surface area contributed by atoms with Crippen LogP contribution in [0.1, 0.15) is 6.42 Å². The smallest absolute Gasteiger partial charge is 0.331 e. The molecule has 0 fully saturated rings. The summed E-state index contributed by atoms with van der Waals surface area (Å²) in [5.74, 6) is -1.73. The number of rotatable bonds is 5. The van der Waals surface area contributed by atoms with Gasteiger partial charge in [-0.05, 0) is 6.42 Å². The first kappa shape index (κ1) is 10.9. The Hall–Kier alpha value is -1.10. The Morgan fingerprint density at radius 2 is 2.08 bits per heavy atom. The van der Waals surface area contributed by atoms with E-state index in [1.807, 2.05) is 0 Å². The summed E-state index contributed by atoms with van der Waals surface area (Å²) in [5.41, 5.74) is 0. The lowest BCUT2D eigenvalue weighted by molar-refractivity contribution is -0.138. The maximum Gasteiger partial charge on any atom is 0.331 e. The number of hydrogen-bond donors (Lipinski definition) is 1. The molecule has 0 rings (SSSR count). The van der Waals surface area contributed by atoms with E-state index in [9.17, 15) is 9.59 Å². The van der Waals surface area contributed by atoms with Gasteiger partial charge in [0.05, 0.1) is 6.61 Å². The Bertz CT molecular complexity index is 188. The lowest BCUT2D eigenvalue weighted by Crippen LogP contribution is -2.03. The highest BCUT2D eigenvalue weighted by atomic mass is 28.1. The molecule has 0 aliphatic heterocycles. The fourth-order valence-electron chi connectivity index (χ4n) is 0.505. The van der Waals surface area contributed by atoms with Crippen LogP contribution in [0.2, 0.25) is 6.04 Å². The Labute approximate surface area is 73.6 Å². The van der Waals surface area contributed by atoms with Gasteiger partial charge in [0.15, 0.2) is 0 Å². The van der Waals surface area contributed by atoms with Crippen LogP contribution in [0.25, 0.3) is 0 Å². The third-order valence-corrected chi connectivity index (χ3v) is 1.81. The van der Waals surface area contributed by atoms with Gasteiger partial charge in [-0.3, -0.25) is 0 Å².